The molecule has 0 saturated carbocycles. The van der Waals surface area contributed by atoms with Crippen LogP contribution in [0.15, 0.2) is 0 Å². The monoisotopic (exact) mass is 240 g/mol. The third-order valence-electron chi connectivity index (χ3n) is 3.74. The maximum Gasteiger partial charge on any atom is 0.223 e. The van der Waals surface area contributed by atoms with Gasteiger partial charge in [0, 0.05) is 45.2 Å². The van der Waals surface area contributed by atoms with Crippen molar-refractivity contribution in [1.82, 2.24) is 15.1 Å². The van der Waals surface area contributed by atoms with Gasteiger partial charge in [-0.25, -0.2) is 0 Å². The molecule has 0 radical (unpaired) electrons. The Labute approximate surface area is 103 Å². The van der Waals surface area contributed by atoms with Gasteiger partial charge in [-0.05, 0) is 25.9 Å². The van der Waals surface area contributed by atoms with E-state index in [0.717, 1.165) is 58.7 Å². The largest absolute Gasteiger partial charge is 0.340 e. The maximum atomic E-state index is 12.0. The van der Waals surface area contributed by atoms with Crippen LogP contribution in [0.4, 0.5) is 0 Å². The Bertz CT molecular complexity index is 245. The topological polar surface area (TPSA) is 61.6 Å². The van der Waals surface area contributed by atoms with Crippen molar-refractivity contribution >= 4 is 5.91 Å². The fourth-order valence-corrected chi connectivity index (χ4v) is 2.50. The number of nitrogens with zero attached hydrogens (tertiary/aromatic N) is 2. The van der Waals surface area contributed by atoms with Crippen molar-refractivity contribution in [2.45, 2.75) is 25.3 Å². The van der Waals surface area contributed by atoms with Gasteiger partial charge in [0.15, 0.2) is 0 Å². The van der Waals surface area contributed by atoms with Gasteiger partial charge < -0.3 is 20.9 Å². The number of hydrogen-bond acceptors (Lipinski definition) is 4. The quantitative estimate of drug-likeness (QED) is 0.680. The van der Waals surface area contributed by atoms with E-state index in [1.165, 1.54) is 0 Å². The van der Waals surface area contributed by atoms with Gasteiger partial charge in [-0.3, -0.25) is 4.79 Å². The Kier molecular flexibility index (Phi) is 4.76. The number of likely N-dealkylation sites (tertiary alicyclic amines) is 1. The van der Waals surface area contributed by atoms with E-state index in [0.29, 0.717) is 18.4 Å². The number of nitrogens with one attached hydrogen (secondary N) is 1. The number of carbonyl (C=O) groups excluding carboxylic acids is 1. The van der Waals surface area contributed by atoms with Crippen molar-refractivity contribution in [2.75, 3.05) is 45.8 Å². The lowest BCUT2D eigenvalue weighted by Gasteiger charge is -2.31. The van der Waals surface area contributed by atoms with Crippen molar-refractivity contribution in [1.29, 1.82) is 0 Å². The number of carbonyl (C=O) groups is 1. The van der Waals surface area contributed by atoms with Gasteiger partial charge in [-0.1, -0.05) is 0 Å². The van der Waals surface area contributed by atoms with Crippen LogP contribution in [0.1, 0.15) is 19.3 Å². The summed E-state index contributed by atoms with van der Waals surface area (Å²) in [6, 6.07) is 0.370. The van der Waals surface area contributed by atoms with Crippen LogP contribution < -0.4 is 11.1 Å². The molecule has 0 bridgehead atoms. The second kappa shape index (κ2) is 6.33. The number of piperidine rings is 1. The lowest BCUT2D eigenvalue weighted by atomic mass is 10.1. The highest BCUT2D eigenvalue weighted by molar-refractivity contribution is 5.76. The van der Waals surface area contributed by atoms with Gasteiger partial charge in [0.2, 0.25) is 5.91 Å². The molecule has 0 unspecified atom stereocenters. The second-order valence-corrected chi connectivity index (χ2v) is 5.06. The summed E-state index contributed by atoms with van der Waals surface area (Å²) in [7, 11) is 0. The first-order valence-corrected chi connectivity index (χ1v) is 6.72. The molecule has 2 heterocycles. The third kappa shape index (κ3) is 3.94. The molecule has 1 amide bonds. The average Bonchev–Trinajstić information content (AvgIpc) is 2.39. The molecule has 0 aromatic carbocycles. The van der Waals surface area contributed by atoms with Gasteiger partial charge >= 0.3 is 0 Å². The Hall–Kier alpha value is -0.650. The van der Waals surface area contributed by atoms with Gasteiger partial charge in [-0.2, -0.15) is 0 Å². The predicted molar refractivity (Wildman–Crippen MR) is 67.7 cm³/mol. The molecule has 2 rings (SSSR count). The molecule has 0 spiro atoms. The second-order valence-electron chi connectivity index (χ2n) is 5.06. The number of rotatable bonds is 3. The van der Waals surface area contributed by atoms with Crippen LogP contribution >= 0.6 is 0 Å². The molecule has 5 nitrogen and oxygen atoms in total. The van der Waals surface area contributed by atoms with Gasteiger partial charge in [0.1, 0.15) is 0 Å². The van der Waals surface area contributed by atoms with Gasteiger partial charge in [0.25, 0.3) is 0 Å². The zero-order chi connectivity index (χ0) is 12.1. The lowest BCUT2D eigenvalue weighted by molar-refractivity contribution is -0.132. The summed E-state index contributed by atoms with van der Waals surface area (Å²) in [5.74, 6) is 0.307. The summed E-state index contributed by atoms with van der Waals surface area (Å²) in [4.78, 5) is 16.3. The highest BCUT2D eigenvalue weighted by Gasteiger charge is 2.19. The molecule has 0 aromatic rings. The highest BCUT2D eigenvalue weighted by Crippen LogP contribution is 2.09. The molecule has 98 valence electrons. The van der Waals surface area contributed by atoms with E-state index in [9.17, 15) is 4.79 Å². The smallest absolute Gasteiger partial charge is 0.223 e. The molecule has 3 N–H and O–H groups in total. The van der Waals surface area contributed by atoms with E-state index in [1.54, 1.807) is 0 Å². The Morgan fingerprint density at radius 2 is 1.82 bits per heavy atom. The third-order valence-corrected chi connectivity index (χ3v) is 3.74. The van der Waals surface area contributed by atoms with E-state index in [-0.39, 0.29) is 0 Å². The van der Waals surface area contributed by atoms with E-state index in [4.69, 9.17) is 5.73 Å². The molecule has 0 atom stereocenters. The Morgan fingerprint density at radius 1 is 1.18 bits per heavy atom. The van der Waals surface area contributed by atoms with E-state index < -0.39 is 0 Å². The summed E-state index contributed by atoms with van der Waals surface area (Å²) in [6.45, 7) is 6.60. The van der Waals surface area contributed by atoms with Crippen molar-refractivity contribution in [3.05, 3.63) is 0 Å². The summed E-state index contributed by atoms with van der Waals surface area (Å²) >= 11 is 0. The standard InChI is InChI=1S/C12H24N4O/c13-11-1-6-15(7-2-11)8-3-12(17)16-9-4-14-5-10-16/h11,14H,1-10,13H2. The minimum atomic E-state index is 0.307. The first kappa shape index (κ1) is 12.8. The van der Waals surface area contributed by atoms with Crippen LogP contribution in [0.3, 0.4) is 0 Å². The molecule has 2 aliphatic rings. The van der Waals surface area contributed by atoms with Crippen molar-refractivity contribution in [2.24, 2.45) is 5.73 Å². The maximum absolute atomic E-state index is 12.0. The average molecular weight is 240 g/mol. The van der Waals surface area contributed by atoms with Gasteiger partial charge in [-0.15, -0.1) is 0 Å². The number of nitrogens with two attached hydrogens (primary N) is 1. The van der Waals surface area contributed by atoms with Gasteiger partial charge in [0.05, 0.1) is 0 Å². The molecule has 0 aliphatic carbocycles. The van der Waals surface area contributed by atoms with Crippen molar-refractivity contribution < 1.29 is 4.79 Å². The summed E-state index contributed by atoms with van der Waals surface area (Å²) < 4.78 is 0. The predicted octanol–water partition coefficient (Wildman–Crippen LogP) is -0.769. The normalized spacial score (nSPS) is 23.9. The molecule has 17 heavy (non-hydrogen) atoms. The molecule has 2 aliphatic heterocycles. The van der Waals surface area contributed by atoms with E-state index in [1.807, 2.05) is 4.90 Å². The minimum absolute atomic E-state index is 0.307. The zero-order valence-corrected chi connectivity index (χ0v) is 10.5. The summed E-state index contributed by atoms with van der Waals surface area (Å²) in [5.41, 5.74) is 5.86. The highest BCUT2D eigenvalue weighted by atomic mass is 16.2. The van der Waals surface area contributed by atoms with E-state index >= 15 is 0 Å². The first-order valence-electron chi connectivity index (χ1n) is 6.72. The zero-order valence-electron chi connectivity index (χ0n) is 10.5. The van der Waals surface area contributed by atoms with Crippen molar-refractivity contribution in [3.8, 4) is 0 Å². The van der Waals surface area contributed by atoms with Crippen LogP contribution in [0.5, 0.6) is 0 Å². The molecule has 2 saturated heterocycles. The number of piperazine rings is 1. The van der Waals surface area contributed by atoms with Crippen LogP contribution in [0.2, 0.25) is 0 Å². The van der Waals surface area contributed by atoms with Crippen LogP contribution in [-0.2, 0) is 4.79 Å². The molecular formula is C12H24N4O. The fourth-order valence-electron chi connectivity index (χ4n) is 2.50. The minimum Gasteiger partial charge on any atom is -0.340 e. The fraction of sp³-hybridized carbons (Fsp3) is 0.917. The molecule has 5 heteroatoms. The number of amides is 1. The summed E-state index contributed by atoms with van der Waals surface area (Å²) in [5, 5.41) is 3.26. The lowest BCUT2D eigenvalue weighted by Crippen LogP contribution is -2.47. The first-order chi connectivity index (χ1) is 8.25. The Balaban J connectivity index is 1.65. The van der Waals surface area contributed by atoms with Crippen molar-refractivity contribution in [3.63, 3.8) is 0 Å². The molecular weight excluding hydrogens is 216 g/mol. The Morgan fingerprint density at radius 3 is 2.47 bits per heavy atom. The summed E-state index contributed by atoms with van der Waals surface area (Å²) in [6.07, 6.45) is 2.80. The van der Waals surface area contributed by atoms with Crippen LogP contribution in [-0.4, -0.2) is 67.6 Å². The number of hydrogen-bond donors (Lipinski definition) is 2. The molecule has 0 aromatic heterocycles. The van der Waals surface area contributed by atoms with E-state index in [2.05, 4.69) is 10.2 Å². The van der Waals surface area contributed by atoms with Crippen LogP contribution in [0.25, 0.3) is 0 Å². The van der Waals surface area contributed by atoms with Crippen LogP contribution in [0, 0.1) is 0 Å². The SMILES string of the molecule is NC1CCN(CCC(=O)N2CCNCC2)CC1. The molecule has 2 fully saturated rings.